The van der Waals surface area contributed by atoms with Crippen molar-refractivity contribution in [3.63, 3.8) is 0 Å². The summed E-state index contributed by atoms with van der Waals surface area (Å²) in [6, 6.07) is 8.86. The molecule has 0 aliphatic heterocycles. The topological polar surface area (TPSA) is 0 Å². The average molecular weight is 208 g/mol. The van der Waals surface area contributed by atoms with Gasteiger partial charge in [0.05, 0.1) is 0 Å². The van der Waals surface area contributed by atoms with Crippen molar-refractivity contribution in [3.8, 4) is 0 Å². The van der Waals surface area contributed by atoms with E-state index in [0.29, 0.717) is 0 Å². The van der Waals surface area contributed by atoms with Gasteiger partial charge in [-0.25, -0.2) is 0 Å². The molecular weight excluding hydrogens is 180 g/mol. The van der Waals surface area contributed by atoms with E-state index < -0.39 is 0 Å². The molecule has 2 rings (SSSR count). The van der Waals surface area contributed by atoms with E-state index >= 15 is 0 Å². The van der Waals surface area contributed by atoms with Gasteiger partial charge in [-0.1, -0.05) is 60.4 Å². The fourth-order valence-corrected chi connectivity index (χ4v) is 2.06. The number of hydrogen-bond acceptors (Lipinski definition) is 0. The third-order valence-electron chi connectivity index (χ3n) is 3.03. The Morgan fingerprint density at radius 3 is 1.67 bits per heavy atom. The molecule has 1 aromatic rings. The molecule has 1 aliphatic carbocycles. The van der Waals surface area contributed by atoms with Crippen molar-refractivity contribution in [3.05, 3.63) is 35.4 Å². The number of rotatable bonds is 1. The molecule has 0 aromatic heterocycles. The first-order chi connectivity index (χ1) is 5.77. The van der Waals surface area contributed by atoms with E-state index in [4.69, 9.17) is 0 Å². The number of hydrogen-bond donors (Lipinski definition) is 0. The van der Waals surface area contributed by atoms with Crippen LogP contribution in [0.25, 0.3) is 0 Å². The first kappa shape index (κ1) is 16.6. The van der Waals surface area contributed by atoms with E-state index in [1.165, 1.54) is 12.8 Å². The van der Waals surface area contributed by atoms with E-state index in [0.717, 1.165) is 11.8 Å². The van der Waals surface area contributed by atoms with Crippen LogP contribution in [-0.2, 0) is 12.8 Å². The molecule has 0 bridgehead atoms. The average Bonchev–Trinajstić information content (AvgIpc) is 2.46. The van der Waals surface area contributed by atoms with Gasteiger partial charge < -0.3 is 0 Å². The van der Waals surface area contributed by atoms with E-state index in [-0.39, 0.29) is 22.3 Å². The van der Waals surface area contributed by atoms with Crippen LogP contribution in [0.3, 0.4) is 0 Å². The molecule has 0 unspecified atom stereocenters. The van der Waals surface area contributed by atoms with Crippen LogP contribution in [0.2, 0.25) is 0 Å². The molecular formula is C15H28. The van der Waals surface area contributed by atoms with Crippen LogP contribution in [0.5, 0.6) is 0 Å². The molecule has 0 N–H and O–H groups in total. The maximum Gasteiger partial charge on any atom is -0.0242 e. The molecule has 0 atom stereocenters. The summed E-state index contributed by atoms with van der Waals surface area (Å²) >= 11 is 0. The van der Waals surface area contributed by atoms with Gasteiger partial charge in [0.2, 0.25) is 0 Å². The highest BCUT2D eigenvalue weighted by atomic mass is 14.3. The first-order valence-corrected chi connectivity index (χ1v) is 4.84. The fourth-order valence-electron chi connectivity index (χ4n) is 2.06. The largest absolute Gasteiger partial charge is 0.0776 e. The molecule has 0 radical (unpaired) electrons. The van der Waals surface area contributed by atoms with Crippen molar-refractivity contribution in [1.29, 1.82) is 0 Å². The van der Waals surface area contributed by atoms with Crippen LogP contribution in [0, 0.1) is 11.8 Å². The predicted molar refractivity (Wildman–Crippen MR) is 72.4 cm³/mol. The predicted octanol–water partition coefficient (Wildman–Crippen LogP) is 4.97. The number of benzene rings is 1. The zero-order valence-corrected chi connectivity index (χ0v) is 7.88. The smallest absolute Gasteiger partial charge is 0.0242 e. The van der Waals surface area contributed by atoms with Crippen molar-refractivity contribution < 1.29 is 0 Å². The van der Waals surface area contributed by atoms with Crippen molar-refractivity contribution in [2.75, 3.05) is 0 Å². The van der Waals surface area contributed by atoms with E-state index in [9.17, 15) is 0 Å². The van der Waals surface area contributed by atoms with Gasteiger partial charge in [-0.3, -0.25) is 0 Å². The molecule has 0 heteroatoms. The Balaban J connectivity index is 0. The summed E-state index contributed by atoms with van der Waals surface area (Å²) in [7, 11) is 0. The second-order valence-electron chi connectivity index (χ2n) is 4.18. The second-order valence-corrected chi connectivity index (χ2v) is 4.18. The minimum Gasteiger partial charge on any atom is -0.0776 e. The summed E-state index contributed by atoms with van der Waals surface area (Å²) in [6.45, 7) is 4.66. The second kappa shape index (κ2) is 6.66. The minimum absolute atomic E-state index is 0. The van der Waals surface area contributed by atoms with Crippen LogP contribution in [0.15, 0.2) is 24.3 Å². The molecule has 0 heterocycles. The summed E-state index contributed by atoms with van der Waals surface area (Å²) in [6.07, 6.45) is 2.60. The van der Waals surface area contributed by atoms with Gasteiger partial charge in [0.1, 0.15) is 0 Å². The lowest BCUT2D eigenvalue weighted by atomic mass is 9.93. The van der Waals surface area contributed by atoms with Crippen LogP contribution < -0.4 is 0 Å². The lowest BCUT2D eigenvalue weighted by Crippen LogP contribution is -2.07. The van der Waals surface area contributed by atoms with Crippen LogP contribution in [-0.4, -0.2) is 0 Å². The number of fused-ring (bicyclic) bond motifs is 1. The van der Waals surface area contributed by atoms with Gasteiger partial charge in [-0.05, 0) is 35.8 Å². The highest BCUT2D eigenvalue weighted by Gasteiger charge is 2.22. The Labute approximate surface area is 96.7 Å². The SMILES string of the molecule is C.C.C.CC(C)C1Cc2ccccc2C1. The summed E-state index contributed by atoms with van der Waals surface area (Å²) < 4.78 is 0. The molecule has 0 amide bonds. The zero-order chi connectivity index (χ0) is 8.55. The van der Waals surface area contributed by atoms with Crippen molar-refractivity contribution >= 4 is 0 Å². The Bertz CT molecular complexity index is 248. The van der Waals surface area contributed by atoms with Crippen molar-refractivity contribution in [2.45, 2.75) is 49.0 Å². The molecule has 0 saturated heterocycles. The van der Waals surface area contributed by atoms with Gasteiger partial charge in [-0.15, -0.1) is 0 Å². The van der Waals surface area contributed by atoms with Gasteiger partial charge >= 0.3 is 0 Å². The Kier molecular flexibility index (Phi) is 7.39. The van der Waals surface area contributed by atoms with Crippen LogP contribution >= 0.6 is 0 Å². The van der Waals surface area contributed by atoms with Gasteiger partial charge in [0.15, 0.2) is 0 Å². The van der Waals surface area contributed by atoms with Crippen LogP contribution in [0.4, 0.5) is 0 Å². The molecule has 0 nitrogen and oxygen atoms in total. The van der Waals surface area contributed by atoms with Crippen LogP contribution in [0.1, 0.15) is 47.3 Å². The molecule has 0 fully saturated rings. The molecule has 88 valence electrons. The summed E-state index contributed by atoms with van der Waals surface area (Å²) in [5.41, 5.74) is 3.16. The maximum atomic E-state index is 2.33. The fraction of sp³-hybridized carbons (Fsp3) is 0.600. The molecule has 0 spiro atoms. The van der Waals surface area contributed by atoms with E-state index in [1.54, 1.807) is 11.1 Å². The summed E-state index contributed by atoms with van der Waals surface area (Å²) in [5.74, 6) is 1.72. The molecule has 1 aliphatic rings. The first-order valence-electron chi connectivity index (χ1n) is 4.84. The molecule has 15 heavy (non-hydrogen) atoms. The molecule has 0 saturated carbocycles. The lowest BCUT2D eigenvalue weighted by molar-refractivity contribution is 0.404. The van der Waals surface area contributed by atoms with E-state index in [2.05, 4.69) is 38.1 Å². The third-order valence-corrected chi connectivity index (χ3v) is 3.03. The van der Waals surface area contributed by atoms with Gasteiger partial charge in [0, 0.05) is 0 Å². The Morgan fingerprint density at radius 2 is 1.33 bits per heavy atom. The Morgan fingerprint density at radius 1 is 0.933 bits per heavy atom. The summed E-state index contributed by atoms with van der Waals surface area (Å²) in [4.78, 5) is 0. The highest BCUT2D eigenvalue weighted by Crippen LogP contribution is 2.30. The lowest BCUT2D eigenvalue weighted by Gasteiger charge is -2.12. The van der Waals surface area contributed by atoms with Crippen molar-refractivity contribution in [1.82, 2.24) is 0 Å². The maximum absolute atomic E-state index is 2.33. The monoisotopic (exact) mass is 208 g/mol. The minimum atomic E-state index is 0. The van der Waals surface area contributed by atoms with Crippen molar-refractivity contribution in [2.24, 2.45) is 11.8 Å². The Hall–Kier alpha value is -0.780. The third kappa shape index (κ3) is 3.37. The van der Waals surface area contributed by atoms with Gasteiger partial charge in [0.25, 0.3) is 0 Å². The highest BCUT2D eigenvalue weighted by molar-refractivity contribution is 5.32. The zero-order valence-electron chi connectivity index (χ0n) is 7.88. The molecule has 1 aromatic carbocycles. The van der Waals surface area contributed by atoms with Gasteiger partial charge in [-0.2, -0.15) is 0 Å². The quantitative estimate of drug-likeness (QED) is 0.611. The normalized spacial score (nSPS) is 13.5. The van der Waals surface area contributed by atoms with E-state index in [1.807, 2.05) is 0 Å². The summed E-state index contributed by atoms with van der Waals surface area (Å²) in [5, 5.41) is 0. The standard InChI is InChI=1S/C12H16.3CH4/c1-9(2)12-7-10-5-3-4-6-11(10)8-12;;;/h3-6,9,12H,7-8H2,1-2H3;3*1H4.